The van der Waals surface area contributed by atoms with Gasteiger partial charge in [0.2, 0.25) is 16.7 Å². The first-order chi connectivity index (χ1) is 12.6. The third-order valence-electron chi connectivity index (χ3n) is 3.50. The molecule has 0 fully saturated rings. The first-order valence-electron chi connectivity index (χ1n) is 7.69. The lowest BCUT2D eigenvalue weighted by atomic mass is 10.2. The number of aryl methyl sites for hydroxylation is 1. The molecular weight excluding hydrogens is 359 g/mol. The monoisotopic (exact) mass is 372 g/mol. The largest absolute Gasteiger partial charge is 0.349 e. The molecule has 0 unspecified atom stereocenters. The number of benzene rings is 1. The molecule has 9 nitrogen and oxygen atoms in total. The second kappa shape index (κ2) is 6.59. The fraction of sp³-hybridized carbons (Fsp3) is 0.200. The molecular formula is C15H13FN8OS. The van der Waals surface area contributed by atoms with Crippen LogP contribution in [0.3, 0.4) is 0 Å². The number of imidazole rings is 1. The predicted molar refractivity (Wildman–Crippen MR) is 90.7 cm³/mol. The first-order valence-corrected chi connectivity index (χ1v) is 8.50. The molecule has 26 heavy (non-hydrogen) atoms. The lowest BCUT2D eigenvalue weighted by Gasteiger charge is -2.01. The molecule has 0 aliphatic rings. The van der Waals surface area contributed by atoms with Crippen LogP contribution in [0.5, 0.6) is 0 Å². The Morgan fingerprint density at radius 1 is 1.27 bits per heavy atom. The van der Waals surface area contributed by atoms with Gasteiger partial charge in [-0.2, -0.15) is 9.90 Å². The third kappa shape index (κ3) is 3.42. The highest BCUT2D eigenvalue weighted by atomic mass is 32.1. The van der Waals surface area contributed by atoms with Gasteiger partial charge in [0, 0.05) is 5.56 Å². The number of aromatic nitrogens is 7. The summed E-state index contributed by atoms with van der Waals surface area (Å²) in [6.45, 7) is 2.12. The zero-order valence-corrected chi connectivity index (χ0v) is 14.4. The lowest BCUT2D eigenvalue weighted by Crippen LogP contribution is -2.28. The van der Waals surface area contributed by atoms with Crippen LogP contribution in [-0.2, 0) is 17.9 Å². The van der Waals surface area contributed by atoms with Crippen LogP contribution < -0.4 is 5.32 Å². The van der Waals surface area contributed by atoms with Crippen molar-refractivity contribution in [2.24, 2.45) is 0 Å². The summed E-state index contributed by atoms with van der Waals surface area (Å²) >= 11 is 1.48. The average Bonchev–Trinajstić information content (AvgIpc) is 3.28. The van der Waals surface area contributed by atoms with Crippen molar-refractivity contribution in [2.75, 3.05) is 0 Å². The SMILES string of the molecule is Cc1nn2cc(CNC(=O)Cn3nnc(-c4ccc(F)cc4)n3)nc2s1. The van der Waals surface area contributed by atoms with Gasteiger partial charge in [-0.05, 0) is 36.4 Å². The number of fused-ring (bicyclic) bond motifs is 1. The molecule has 1 amide bonds. The minimum Gasteiger partial charge on any atom is -0.349 e. The highest BCUT2D eigenvalue weighted by Crippen LogP contribution is 2.14. The zero-order chi connectivity index (χ0) is 18.1. The smallest absolute Gasteiger partial charge is 0.244 e. The van der Waals surface area contributed by atoms with Crippen LogP contribution in [0.1, 0.15) is 10.7 Å². The van der Waals surface area contributed by atoms with E-state index in [4.69, 9.17) is 0 Å². The van der Waals surface area contributed by atoms with Gasteiger partial charge in [0.25, 0.3) is 0 Å². The van der Waals surface area contributed by atoms with Crippen LogP contribution in [0.2, 0.25) is 0 Å². The minimum absolute atomic E-state index is 0.0756. The molecule has 3 aromatic heterocycles. The molecule has 0 saturated heterocycles. The van der Waals surface area contributed by atoms with E-state index in [-0.39, 0.29) is 24.8 Å². The number of amides is 1. The number of nitrogens with one attached hydrogen (secondary N) is 1. The van der Waals surface area contributed by atoms with Crippen LogP contribution >= 0.6 is 11.3 Å². The van der Waals surface area contributed by atoms with Gasteiger partial charge in [0.15, 0.2) is 0 Å². The molecule has 132 valence electrons. The quantitative estimate of drug-likeness (QED) is 0.565. The Hall–Kier alpha value is -3.21. The molecule has 0 spiro atoms. The van der Waals surface area contributed by atoms with E-state index in [2.05, 4.69) is 30.8 Å². The molecule has 0 aliphatic heterocycles. The first kappa shape index (κ1) is 16.3. The van der Waals surface area contributed by atoms with Gasteiger partial charge in [-0.25, -0.2) is 13.9 Å². The normalized spacial score (nSPS) is 11.2. The Bertz CT molecular complexity index is 1040. The van der Waals surface area contributed by atoms with Crippen LogP contribution in [0.25, 0.3) is 16.3 Å². The second-order valence-electron chi connectivity index (χ2n) is 5.51. The van der Waals surface area contributed by atoms with E-state index in [1.165, 1.54) is 28.3 Å². The average molecular weight is 372 g/mol. The van der Waals surface area contributed by atoms with Crippen molar-refractivity contribution in [1.29, 1.82) is 0 Å². The summed E-state index contributed by atoms with van der Waals surface area (Å²) in [7, 11) is 0. The maximum Gasteiger partial charge on any atom is 0.244 e. The summed E-state index contributed by atoms with van der Waals surface area (Å²) in [6, 6.07) is 5.73. The molecule has 0 bridgehead atoms. The minimum atomic E-state index is -0.343. The standard InChI is InChI=1S/C15H13FN8OS/c1-9-20-23-7-12(18-15(23)26-9)6-17-13(25)8-24-21-14(19-22-24)10-2-4-11(16)5-3-10/h2-5,7H,6,8H2,1H3,(H,17,25). The maximum absolute atomic E-state index is 12.9. The van der Waals surface area contributed by atoms with Gasteiger partial charge < -0.3 is 5.32 Å². The van der Waals surface area contributed by atoms with Crippen LogP contribution in [0.4, 0.5) is 4.39 Å². The van der Waals surface area contributed by atoms with Crippen molar-refractivity contribution in [3.63, 3.8) is 0 Å². The zero-order valence-electron chi connectivity index (χ0n) is 13.6. The van der Waals surface area contributed by atoms with Gasteiger partial charge in [0.05, 0.1) is 18.4 Å². The van der Waals surface area contributed by atoms with Gasteiger partial charge in [-0.1, -0.05) is 11.3 Å². The molecule has 0 atom stereocenters. The molecule has 4 rings (SSSR count). The van der Waals surface area contributed by atoms with Crippen LogP contribution in [0.15, 0.2) is 30.5 Å². The van der Waals surface area contributed by atoms with E-state index >= 15 is 0 Å². The Kier molecular flexibility index (Phi) is 4.13. The van der Waals surface area contributed by atoms with E-state index in [0.29, 0.717) is 11.4 Å². The summed E-state index contributed by atoms with van der Waals surface area (Å²) < 4.78 is 14.6. The van der Waals surface area contributed by atoms with E-state index in [1.807, 2.05) is 6.92 Å². The van der Waals surface area contributed by atoms with Crippen molar-refractivity contribution in [2.45, 2.75) is 20.0 Å². The fourth-order valence-electron chi connectivity index (χ4n) is 2.33. The van der Waals surface area contributed by atoms with E-state index in [1.54, 1.807) is 22.8 Å². The van der Waals surface area contributed by atoms with Crippen molar-refractivity contribution in [3.8, 4) is 11.4 Å². The molecule has 4 aromatic rings. The molecule has 11 heteroatoms. The number of hydrogen-bond donors (Lipinski definition) is 1. The lowest BCUT2D eigenvalue weighted by molar-refractivity contribution is -0.122. The Labute approximate surface area is 150 Å². The number of carbonyl (C=O) groups excluding carboxylic acids is 1. The summed E-state index contributed by atoms with van der Waals surface area (Å²) in [5.74, 6) is -0.285. The van der Waals surface area contributed by atoms with Gasteiger partial charge in [-0.15, -0.1) is 10.2 Å². The Morgan fingerprint density at radius 3 is 2.85 bits per heavy atom. The summed E-state index contributed by atoms with van der Waals surface area (Å²) in [5.41, 5.74) is 1.34. The summed E-state index contributed by atoms with van der Waals surface area (Å²) in [4.78, 5) is 18.4. The highest BCUT2D eigenvalue weighted by Gasteiger charge is 2.11. The highest BCUT2D eigenvalue weighted by molar-refractivity contribution is 7.16. The van der Waals surface area contributed by atoms with Crippen molar-refractivity contribution in [1.82, 2.24) is 40.1 Å². The van der Waals surface area contributed by atoms with Crippen molar-refractivity contribution >= 4 is 22.2 Å². The van der Waals surface area contributed by atoms with Crippen molar-refractivity contribution in [3.05, 3.63) is 47.0 Å². The molecule has 0 aliphatic carbocycles. The number of halogens is 1. The predicted octanol–water partition coefficient (Wildman–Crippen LogP) is 1.21. The number of rotatable bonds is 5. The summed E-state index contributed by atoms with van der Waals surface area (Å²) in [5, 5.41) is 19.8. The maximum atomic E-state index is 12.9. The second-order valence-corrected chi connectivity index (χ2v) is 6.67. The van der Waals surface area contributed by atoms with Crippen molar-refractivity contribution < 1.29 is 9.18 Å². The van der Waals surface area contributed by atoms with Gasteiger partial charge in [-0.3, -0.25) is 4.79 Å². The van der Waals surface area contributed by atoms with Crippen LogP contribution in [-0.4, -0.2) is 40.7 Å². The Morgan fingerprint density at radius 2 is 2.08 bits per heavy atom. The number of carbonyl (C=O) groups is 1. The molecule has 3 heterocycles. The third-order valence-corrected chi connectivity index (χ3v) is 4.34. The van der Waals surface area contributed by atoms with E-state index in [0.717, 1.165) is 15.7 Å². The van der Waals surface area contributed by atoms with E-state index in [9.17, 15) is 9.18 Å². The molecule has 0 radical (unpaired) electrons. The number of tetrazole rings is 1. The molecule has 1 N–H and O–H groups in total. The van der Waals surface area contributed by atoms with Crippen LogP contribution in [0, 0.1) is 12.7 Å². The van der Waals surface area contributed by atoms with Gasteiger partial charge in [0.1, 0.15) is 17.4 Å². The number of nitrogens with zero attached hydrogens (tertiary/aromatic N) is 7. The fourth-order valence-corrected chi connectivity index (χ4v) is 3.07. The Balaban J connectivity index is 1.35. The summed E-state index contributed by atoms with van der Waals surface area (Å²) in [6.07, 6.45) is 1.78. The van der Waals surface area contributed by atoms with E-state index < -0.39 is 0 Å². The topological polar surface area (TPSA) is 103 Å². The number of hydrogen-bond acceptors (Lipinski definition) is 7. The van der Waals surface area contributed by atoms with Gasteiger partial charge >= 0.3 is 0 Å². The molecule has 1 aromatic carbocycles. The molecule has 0 saturated carbocycles.